The first kappa shape index (κ1) is 17.4. The molecule has 7 nitrogen and oxygen atoms in total. The Morgan fingerprint density at radius 2 is 2.12 bits per heavy atom. The second-order valence-corrected chi connectivity index (χ2v) is 6.76. The number of carbonyl (C=O) groups excluding carboxylic acids is 1. The van der Waals surface area contributed by atoms with Gasteiger partial charge in [-0.25, -0.2) is 9.07 Å². The highest BCUT2D eigenvalue weighted by Crippen LogP contribution is 2.25. The second kappa shape index (κ2) is 7.62. The van der Waals surface area contributed by atoms with Gasteiger partial charge in [0.15, 0.2) is 15.8 Å². The van der Waals surface area contributed by atoms with Crippen LogP contribution in [0.4, 0.5) is 9.52 Å². The lowest BCUT2D eigenvalue weighted by Gasteiger charge is -2.02. The molecule has 0 bridgehead atoms. The van der Waals surface area contributed by atoms with E-state index in [4.69, 9.17) is 4.74 Å². The van der Waals surface area contributed by atoms with E-state index < -0.39 is 5.91 Å². The molecule has 1 aromatic carbocycles. The van der Waals surface area contributed by atoms with Crippen LogP contribution in [0, 0.1) is 5.82 Å². The van der Waals surface area contributed by atoms with Gasteiger partial charge in [0.2, 0.25) is 5.13 Å². The zero-order chi connectivity index (χ0) is 17.8. The number of halogens is 1. The average Bonchev–Trinajstić information content (AvgIpc) is 3.23. The van der Waals surface area contributed by atoms with E-state index >= 15 is 0 Å². The van der Waals surface area contributed by atoms with Gasteiger partial charge in [0.1, 0.15) is 5.82 Å². The summed E-state index contributed by atoms with van der Waals surface area (Å²) in [5, 5.41) is 15.1. The van der Waals surface area contributed by atoms with Crippen LogP contribution >= 0.6 is 23.1 Å². The van der Waals surface area contributed by atoms with Gasteiger partial charge in [-0.2, -0.15) is 5.10 Å². The number of ether oxygens (including phenoxy) is 1. The van der Waals surface area contributed by atoms with Crippen LogP contribution in [0.5, 0.6) is 5.75 Å². The zero-order valence-electron chi connectivity index (χ0n) is 13.4. The fourth-order valence-corrected chi connectivity index (χ4v) is 3.17. The number of hydrogen-bond donors (Lipinski definition) is 1. The van der Waals surface area contributed by atoms with Crippen LogP contribution in [0.25, 0.3) is 5.69 Å². The molecule has 130 valence electrons. The summed E-state index contributed by atoms with van der Waals surface area (Å²) in [5.74, 6) is -0.466. The third-order valence-corrected chi connectivity index (χ3v) is 4.90. The number of benzene rings is 1. The van der Waals surface area contributed by atoms with E-state index in [1.807, 2.05) is 13.2 Å². The Kier molecular flexibility index (Phi) is 5.29. The summed E-state index contributed by atoms with van der Waals surface area (Å²) < 4.78 is 20.8. The molecule has 2 heterocycles. The summed E-state index contributed by atoms with van der Waals surface area (Å²) in [6.07, 6.45) is 3.46. The molecule has 0 unspecified atom stereocenters. The van der Waals surface area contributed by atoms with Gasteiger partial charge < -0.3 is 4.74 Å². The largest absolute Gasteiger partial charge is 0.490 e. The van der Waals surface area contributed by atoms with Crippen LogP contribution < -0.4 is 10.1 Å². The molecule has 0 atom stereocenters. The van der Waals surface area contributed by atoms with Gasteiger partial charge >= 0.3 is 0 Å². The Balaban J connectivity index is 1.88. The molecule has 3 aromatic rings. The fraction of sp³-hybridized carbons (Fsp3) is 0.200. The summed E-state index contributed by atoms with van der Waals surface area (Å²) >= 11 is 2.72. The Bertz CT molecular complexity index is 878. The summed E-state index contributed by atoms with van der Waals surface area (Å²) in [6.45, 7) is 2.19. The number of anilines is 1. The molecular formula is C15H14FN5O2S2. The second-order valence-electron chi connectivity index (χ2n) is 4.73. The first-order chi connectivity index (χ1) is 12.1. The molecule has 1 N–H and O–H groups in total. The first-order valence-electron chi connectivity index (χ1n) is 7.28. The third-order valence-electron chi connectivity index (χ3n) is 3.09. The molecule has 0 fully saturated rings. The maximum Gasteiger partial charge on any atom is 0.281 e. The molecule has 3 rings (SSSR count). The van der Waals surface area contributed by atoms with Crippen LogP contribution in [0.15, 0.2) is 34.8 Å². The van der Waals surface area contributed by atoms with E-state index in [1.54, 1.807) is 18.3 Å². The van der Waals surface area contributed by atoms with Gasteiger partial charge in [0, 0.05) is 0 Å². The minimum atomic E-state index is -0.451. The molecule has 0 spiro atoms. The summed E-state index contributed by atoms with van der Waals surface area (Å²) in [7, 11) is 0. The third kappa shape index (κ3) is 3.97. The number of aromatic nitrogens is 4. The molecule has 0 aliphatic heterocycles. The van der Waals surface area contributed by atoms with Crippen molar-refractivity contribution in [3.8, 4) is 11.4 Å². The summed E-state index contributed by atoms with van der Waals surface area (Å²) in [4.78, 5) is 12.5. The van der Waals surface area contributed by atoms with Crippen molar-refractivity contribution in [1.82, 2.24) is 20.0 Å². The van der Waals surface area contributed by atoms with Crippen LogP contribution in [-0.2, 0) is 0 Å². The number of amides is 1. The van der Waals surface area contributed by atoms with Gasteiger partial charge in [-0.15, -0.1) is 10.2 Å². The molecular weight excluding hydrogens is 365 g/mol. The first-order valence-corrected chi connectivity index (χ1v) is 9.32. The highest BCUT2D eigenvalue weighted by Gasteiger charge is 2.20. The SMILES string of the molecule is CCOc1cn(-c2ccc(F)cc2)nc1C(=O)Nc1nnc(SC)s1. The van der Waals surface area contributed by atoms with Crippen LogP contribution in [-0.4, -0.2) is 38.7 Å². The lowest BCUT2D eigenvalue weighted by Crippen LogP contribution is -2.14. The molecule has 1 amide bonds. The van der Waals surface area contributed by atoms with Gasteiger partial charge in [-0.1, -0.05) is 23.1 Å². The van der Waals surface area contributed by atoms with Crippen molar-refractivity contribution in [2.24, 2.45) is 0 Å². The van der Waals surface area contributed by atoms with Crippen molar-refractivity contribution >= 4 is 34.1 Å². The van der Waals surface area contributed by atoms with Crippen LogP contribution in [0.3, 0.4) is 0 Å². The van der Waals surface area contributed by atoms with Gasteiger partial charge in [0.05, 0.1) is 18.5 Å². The summed E-state index contributed by atoms with van der Waals surface area (Å²) in [6, 6.07) is 5.77. The number of nitrogens with one attached hydrogen (secondary N) is 1. The Morgan fingerprint density at radius 3 is 2.76 bits per heavy atom. The van der Waals surface area contributed by atoms with Crippen molar-refractivity contribution in [3.05, 3.63) is 42.0 Å². The number of hydrogen-bond acceptors (Lipinski definition) is 7. The van der Waals surface area contributed by atoms with Crippen molar-refractivity contribution in [1.29, 1.82) is 0 Å². The van der Waals surface area contributed by atoms with E-state index in [9.17, 15) is 9.18 Å². The van der Waals surface area contributed by atoms with E-state index in [-0.39, 0.29) is 11.5 Å². The fourth-order valence-electron chi connectivity index (χ4n) is 2.00. The highest BCUT2D eigenvalue weighted by atomic mass is 32.2. The summed E-state index contributed by atoms with van der Waals surface area (Å²) in [5.41, 5.74) is 0.731. The zero-order valence-corrected chi connectivity index (χ0v) is 15.0. The van der Waals surface area contributed by atoms with Crippen LogP contribution in [0.2, 0.25) is 0 Å². The van der Waals surface area contributed by atoms with Gasteiger partial charge in [-0.3, -0.25) is 10.1 Å². The van der Waals surface area contributed by atoms with Gasteiger partial charge in [-0.05, 0) is 37.4 Å². The molecule has 0 aliphatic carbocycles. The number of thioether (sulfide) groups is 1. The number of nitrogens with zero attached hydrogens (tertiary/aromatic N) is 4. The lowest BCUT2D eigenvalue weighted by atomic mass is 10.3. The van der Waals surface area contributed by atoms with Crippen molar-refractivity contribution in [2.45, 2.75) is 11.3 Å². The minimum Gasteiger partial charge on any atom is -0.490 e. The lowest BCUT2D eigenvalue weighted by molar-refractivity contribution is 0.101. The maximum atomic E-state index is 13.1. The number of carbonyl (C=O) groups is 1. The molecule has 25 heavy (non-hydrogen) atoms. The van der Waals surface area contributed by atoms with E-state index in [2.05, 4.69) is 20.6 Å². The molecule has 10 heteroatoms. The topological polar surface area (TPSA) is 81.9 Å². The predicted octanol–water partition coefficient (Wildman–Crippen LogP) is 3.24. The molecule has 0 saturated carbocycles. The van der Waals surface area contributed by atoms with E-state index in [1.165, 1.54) is 39.9 Å². The normalized spacial score (nSPS) is 10.7. The van der Waals surface area contributed by atoms with Gasteiger partial charge in [0.25, 0.3) is 5.91 Å². The maximum absolute atomic E-state index is 13.1. The predicted molar refractivity (Wildman–Crippen MR) is 94.3 cm³/mol. The standard InChI is InChI=1S/C15H14FN5O2S2/c1-3-23-11-8-21(10-6-4-9(16)5-7-10)20-12(11)13(22)17-14-18-19-15(24-2)25-14/h4-8H,3H2,1-2H3,(H,17,18,22). The average molecular weight is 379 g/mol. The smallest absolute Gasteiger partial charge is 0.281 e. The van der Waals surface area contributed by atoms with Crippen LogP contribution in [0.1, 0.15) is 17.4 Å². The monoisotopic (exact) mass is 379 g/mol. The molecule has 0 radical (unpaired) electrons. The van der Waals surface area contributed by atoms with Crippen molar-refractivity contribution in [3.63, 3.8) is 0 Å². The Labute approximate surface area is 151 Å². The number of rotatable bonds is 6. The highest BCUT2D eigenvalue weighted by molar-refractivity contribution is 8.00. The molecule has 0 saturated heterocycles. The quantitative estimate of drug-likeness (QED) is 0.523. The van der Waals surface area contributed by atoms with E-state index in [0.29, 0.717) is 23.2 Å². The molecule has 0 aliphatic rings. The molecule has 2 aromatic heterocycles. The van der Waals surface area contributed by atoms with E-state index in [0.717, 1.165) is 4.34 Å². The minimum absolute atomic E-state index is 0.118. The Morgan fingerprint density at radius 1 is 1.36 bits per heavy atom. The van der Waals surface area contributed by atoms with Crippen molar-refractivity contribution < 1.29 is 13.9 Å². The van der Waals surface area contributed by atoms with Crippen molar-refractivity contribution in [2.75, 3.05) is 18.2 Å². The Hall–Kier alpha value is -2.46.